The first-order valence-corrected chi connectivity index (χ1v) is 6.61. The number of fused-ring (bicyclic) bond motifs is 5. The topological polar surface area (TPSA) is 59.1 Å². The molecule has 0 radical (unpaired) electrons. The quantitative estimate of drug-likeness (QED) is 0.753. The third-order valence-corrected chi connectivity index (χ3v) is 4.27. The molecule has 1 atom stereocenters. The number of rotatable bonds is 0. The van der Waals surface area contributed by atoms with Crippen molar-refractivity contribution in [1.29, 1.82) is 0 Å². The number of halogens is 1. The molecule has 2 heterocycles. The number of imide groups is 1. The fourth-order valence-electron chi connectivity index (χ4n) is 3.22. The second-order valence-corrected chi connectivity index (χ2v) is 5.49. The Balaban J connectivity index is 2.12. The van der Waals surface area contributed by atoms with Crippen LogP contribution in [0.25, 0.3) is 11.3 Å². The van der Waals surface area contributed by atoms with Gasteiger partial charge in [0.1, 0.15) is 5.41 Å². The monoisotopic (exact) mass is 284 g/mol. The van der Waals surface area contributed by atoms with E-state index in [4.69, 9.17) is 11.6 Å². The molecule has 2 aromatic rings. The van der Waals surface area contributed by atoms with Crippen LogP contribution < -0.4 is 5.32 Å². The highest BCUT2D eigenvalue weighted by Crippen LogP contribution is 2.52. The van der Waals surface area contributed by atoms with Gasteiger partial charge in [0.15, 0.2) is 0 Å². The van der Waals surface area contributed by atoms with E-state index in [-0.39, 0.29) is 18.2 Å². The van der Waals surface area contributed by atoms with Crippen LogP contribution >= 0.6 is 11.6 Å². The molecule has 1 saturated heterocycles. The van der Waals surface area contributed by atoms with Crippen molar-refractivity contribution in [3.05, 3.63) is 52.7 Å². The maximum Gasteiger partial charge on any atom is 0.242 e. The van der Waals surface area contributed by atoms with E-state index in [1.165, 1.54) is 0 Å². The molecule has 20 heavy (non-hydrogen) atoms. The van der Waals surface area contributed by atoms with Gasteiger partial charge < -0.3 is 0 Å². The van der Waals surface area contributed by atoms with E-state index in [1.54, 1.807) is 24.4 Å². The zero-order chi connectivity index (χ0) is 13.9. The predicted molar refractivity (Wildman–Crippen MR) is 73.2 cm³/mol. The van der Waals surface area contributed by atoms with Crippen LogP contribution in [0.3, 0.4) is 0 Å². The smallest absolute Gasteiger partial charge is 0.242 e. The lowest BCUT2D eigenvalue weighted by Crippen LogP contribution is -2.35. The Hall–Kier alpha value is -2.20. The Morgan fingerprint density at radius 3 is 2.80 bits per heavy atom. The van der Waals surface area contributed by atoms with Gasteiger partial charge in [-0.25, -0.2) is 0 Å². The van der Waals surface area contributed by atoms with Gasteiger partial charge in [0.05, 0.1) is 5.69 Å². The SMILES string of the molecule is O=C1CC2(C(=O)N1)c1cc(Cl)ccc1-c1ncccc12. The fraction of sp³-hybridized carbons (Fsp3) is 0.133. The second kappa shape index (κ2) is 3.67. The van der Waals surface area contributed by atoms with E-state index in [0.29, 0.717) is 5.02 Å². The van der Waals surface area contributed by atoms with E-state index in [2.05, 4.69) is 10.3 Å². The van der Waals surface area contributed by atoms with Gasteiger partial charge in [-0.2, -0.15) is 0 Å². The number of pyridine rings is 1. The van der Waals surface area contributed by atoms with Crippen LogP contribution in [0.1, 0.15) is 17.5 Å². The molecular formula is C15H9ClN2O2. The number of hydrogen-bond acceptors (Lipinski definition) is 3. The summed E-state index contributed by atoms with van der Waals surface area (Å²) in [5, 5.41) is 2.95. The zero-order valence-electron chi connectivity index (χ0n) is 10.3. The van der Waals surface area contributed by atoms with Gasteiger partial charge in [-0.3, -0.25) is 19.9 Å². The molecular weight excluding hydrogens is 276 g/mol. The molecule has 4 rings (SSSR count). The molecule has 1 aliphatic carbocycles. The molecule has 1 unspecified atom stereocenters. The number of carbonyl (C=O) groups excluding carboxylic acids is 2. The lowest BCUT2D eigenvalue weighted by Gasteiger charge is -2.21. The highest BCUT2D eigenvalue weighted by atomic mass is 35.5. The molecule has 1 aromatic heterocycles. The van der Waals surface area contributed by atoms with Crippen molar-refractivity contribution in [2.45, 2.75) is 11.8 Å². The Morgan fingerprint density at radius 2 is 2.05 bits per heavy atom. The minimum Gasteiger partial charge on any atom is -0.295 e. The molecule has 1 N–H and O–H groups in total. The largest absolute Gasteiger partial charge is 0.295 e. The molecule has 98 valence electrons. The van der Waals surface area contributed by atoms with Crippen molar-refractivity contribution in [1.82, 2.24) is 10.3 Å². The summed E-state index contributed by atoms with van der Waals surface area (Å²) in [5.74, 6) is -0.560. The average Bonchev–Trinajstić information content (AvgIpc) is 2.88. The van der Waals surface area contributed by atoms with Gasteiger partial charge in [0.25, 0.3) is 0 Å². The first-order chi connectivity index (χ1) is 9.63. The summed E-state index contributed by atoms with van der Waals surface area (Å²) in [6.07, 6.45) is 1.79. The highest BCUT2D eigenvalue weighted by Gasteiger charge is 2.55. The molecule has 0 saturated carbocycles. The normalized spacial score (nSPS) is 22.9. The van der Waals surface area contributed by atoms with Gasteiger partial charge >= 0.3 is 0 Å². The maximum absolute atomic E-state index is 12.4. The first kappa shape index (κ1) is 11.6. The molecule has 1 aliphatic heterocycles. The lowest BCUT2D eigenvalue weighted by molar-refractivity contribution is -0.125. The summed E-state index contributed by atoms with van der Waals surface area (Å²) in [4.78, 5) is 28.6. The number of aromatic nitrogens is 1. The van der Waals surface area contributed by atoms with Crippen LogP contribution in [0, 0.1) is 0 Å². The van der Waals surface area contributed by atoms with Gasteiger partial charge in [-0.05, 0) is 29.3 Å². The van der Waals surface area contributed by atoms with Crippen molar-refractivity contribution >= 4 is 23.4 Å². The minimum absolute atomic E-state index is 0.109. The van der Waals surface area contributed by atoms with Crippen LogP contribution in [0.2, 0.25) is 5.02 Å². The Labute approximate surface area is 119 Å². The number of nitrogens with one attached hydrogen (secondary N) is 1. The van der Waals surface area contributed by atoms with Gasteiger partial charge in [0, 0.05) is 23.2 Å². The van der Waals surface area contributed by atoms with Crippen molar-refractivity contribution in [2.75, 3.05) is 0 Å². The number of carbonyl (C=O) groups is 2. The number of nitrogens with zero attached hydrogens (tertiary/aromatic N) is 1. The second-order valence-electron chi connectivity index (χ2n) is 5.05. The van der Waals surface area contributed by atoms with Crippen LogP contribution in [0.5, 0.6) is 0 Å². The third-order valence-electron chi connectivity index (χ3n) is 4.03. The summed E-state index contributed by atoms with van der Waals surface area (Å²) in [7, 11) is 0. The lowest BCUT2D eigenvalue weighted by atomic mass is 9.77. The highest BCUT2D eigenvalue weighted by molar-refractivity contribution is 6.31. The van der Waals surface area contributed by atoms with Crippen LogP contribution in [0.15, 0.2) is 36.5 Å². The molecule has 2 aliphatic rings. The van der Waals surface area contributed by atoms with Crippen molar-refractivity contribution in [2.24, 2.45) is 0 Å². The van der Waals surface area contributed by atoms with Gasteiger partial charge in [-0.1, -0.05) is 23.7 Å². The number of amides is 2. The first-order valence-electron chi connectivity index (χ1n) is 6.23. The van der Waals surface area contributed by atoms with E-state index in [9.17, 15) is 9.59 Å². The summed E-state index contributed by atoms with van der Waals surface area (Å²) < 4.78 is 0. The van der Waals surface area contributed by atoms with Gasteiger partial charge in [-0.15, -0.1) is 0 Å². The average molecular weight is 285 g/mol. The zero-order valence-corrected chi connectivity index (χ0v) is 11.1. The molecule has 1 spiro atoms. The van der Waals surface area contributed by atoms with Crippen LogP contribution in [-0.2, 0) is 15.0 Å². The van der Waals surface area contributed by atoms with Crippen molar-refractivity contribution in [3.8, 4) is 11.3 Å². The Bertz CT molecular complexity index is 787. The van der Waals surface area contributed by atoms with E-state index in [1.807, 2.05) is 12.1 Å². The minimum atomic E-state index is -0.971. The standard InChI is InChI=1S/C15H9ClN2O2/c16-8-3-4-9-11(6-8)15(7-12(19)18-14(15)20)10-2-1-5-17-13(9)10/h1-6H,7H2,(H,18,19,20). The molecule has 1 aromatic carbocycles. The van der Waals surface area contributed by atoms with E-state index >= 15 is 0 Å². The molecule has 2 amide bonds. The van der Waals surface area contributed by atoms with Crippen molar-refractivity contribution < 1.29 is 9.59 Å². The predicted octanol–water partition coefficient (Wildman–Crippen LogP) is 2.05. The molecule has 4 nitrogen and oxygen atoms in total. The van der Waals surface area contributed by atoms with Crippen molar-refractivity contribution in [3.63, 3.8) is 0 Å². The summed E-state index contributed by atoms with van der Waals surface area (Å²) in [5.41, 5.74) is 2.20. The Kier molecular flexibility index (Phi) is 2.13. The summed E-state index contributed by atoms with van der Waals surface area (Å²) in [6.45, 7) is 0. The van der Waals surface area contributed by atoms with Crippen LogP contribution in [0.4, 0.5) is 0 Å². The fourth-order valence-corrected chi connectivity index (χ4v) is 3.39. The van der Waals surface area contributed by atoms with Gasteiger partial charge in [0.2, 0.25) is 11.8 Å². The van der Waals surface area contributed by atoms with E-state index < -0.39 is 5.41 Å². The number of hydrogen-bond donors (Lipinski definition) is 1. The summed E-state index contributed by atoms with van der Waals surface area (Å²) in [6, 6.07) is 9.02. The molecule has 5 heteroatoms. The molecule has 0 bridgehead atoms. The third kappa shape index (κ3) is 1.24. The number of benzene rings is 1. The van der Waals surface area contributed by atoms with Crippen LogP contribution in [-0.4, -0.2) is 16.8 Å². The molecule has 1 fully saturated rings. The Morgan fingerprint density at radius 1 is 1.20 bits per heavy atom. The maximum atomic E-state index is 12.4. The van der Waals surface area contributed by atoms with E-state index in [0.717, 1.165) is 22.4 Å². The summed E-state index contributed by atoms with van der Waals surface area (Å²) >= 11 is 6.07.